The molecule has 26 heavy (non-hydrogen) atoms. The first-order valence-corrected chi connectivity index (χ1v) is 10.3. The lowest BCUT2D eigenvalue weighted by atomic mass is 9.89. The lowest BCUT2D eigenvalue weighted by molar-refractivity contribution is -0.140. The maximum atomic E-state index is 10.5. The van der Waals surface area contributed by atoms with Crippen molar-refractivity contribution in [1.29, 1.82) is 0 Å². The average molecular weight is 361 g/mol. The van der Waals surface area contributed by atoms with Crippen molar-refractivity contribution >= 4 is 6.47 Å². The number of hydrogen-bond donors (Lipinski definition) is 0. The van der Waals surface area contributed by atoms with Gasteiger partial charge in [0.25, 0.3) is 6.47 Å². The summed E-state index contributed by atoms with van der Waals surface area (Å²) in [5.41, 5.74) is 4.47. The van der Waals surface area contributed by atoms with Crippen LogP contribution in [0.3, 0.4) is 0 Å². The molecule has 0 aliphatic rings. The van der Waals surface area contributed by atoms with Crippen LogP contribution in [-0.4, -0.2) is 12.1 Å². The first-order chi connectivity index (χ1) is 12.1. The van der Waals surface area contributed by atoms with Crippen LogP contribution in [0.15, 0.2) is 18.2 Å². The van der Waals surface area contributed by atoms with E-state index in [2.05, 4.69) is 45.9 Å². The highest BCUT2D eigenvalue weighted by molar-refractivity contribution is 5.38. The van der Waals surface area contributed by atoms with Gasteiger partial charge in [0.2, 0.25) is 0 Å². The predicted octanol–water partition coefficient (Wildman–Crippen LogP) is 6.81. The maximum absolute atomic E-state index is 10.5. The molecule has 0 aliphatic carbocycles. The molecule has 0 saturated carbocycles. The van der Waals surface area contributed by atoms with Crippen molar-refractivity contribution in [2.75, 3.05) is 0 Å². The Hall–Kier alpha value is -1.31. The van der Waals surface area contributed by atoms with Crippen molar-refractivity contribution in [2.24, 2.45) is 5.41 Å². The zero-order chi connectivity index (χ0) is 19.6. The number of hydrogen-bond acceptors (Lipinski definition) is 2. The minimum absolute atomic E-state index is 0.342. The van der Waals surface area contributed by atoms with E-state index in [-0.39, 0.29) is 5.60 Å². The Kier molecular flexibility index (Phi) is 9.39. The second kappa shape index (κ2) is 10.7. The predicted molar refractivity (Wildman–Crippen MR) is 112 cm³/mol. The van der Waals surface area contributed by atoms with Crippen molar-refractivity contribution in [1.82, 2.24) is 0 Å². The Morgan fingerprint density at radius 2 is 1.54 bits per heavy atom. The lowest BCUT2D eigenvalue weighted by Crippen LogP contribution is -2.23. The van der Waals surface area contributed by atoms with Crippen molar-refractivity contribution in [3.05, 3.63) is 34.9 Å². The van der Waals surface area contributed by atoms with Gasteiger partial charge < -0.3 is 4.74 Å². The van der Waals surface area contributed by atoms with Crippen molar-refractivity contribution in [3.63, 3.8) is 0 Å². The molecule has 0 spiro atoms. The molecule has 0 atom stereocenters. The molecule has 0 aliphatic heterocycles. The average Bonchev–Trinajstić information content (AvgIpc) is 2.52. The van der Waals surface area contributed by atoms with Gasteiger partial charge in [0.05, 0.1) is 0 Å². The summed E-state index contributed by atoms with van der Waals surface area (Å²) in [6.07, 6.45) is 10.7. The number of carbonyl (C=O) groups excluding carboxylic acids is 1. The molecule has 0 bridgehead atoms. The lowest BCUT2D eigenvalue weighted by Gasteiger charge is -2.22. The van der Waals surface area contributed by atoms with Crippen LogP contribution in [0.1, 0.15) is 96.3 Å². The van der Waals surface area contributed by atoms with Gasteiger partial charge in [0, 0.05) is 0 Å². The van der Waals surface area contributed by atoms with Crippen LogP contribution in [0.5, 0.6) is 0 Å². The number of benzene rings is 1. The largest absolute Gasteiger partial charge is 0.462 e. The Balaban J connectivity index is 2.38. The van der Waals surface area contributed by atoms with E-state index >= 15 is 0 Å². The van der Waals surface area contributed by atoms with Crippen LogP contribution >= 0.6 is 0 Å². The molecule has 1 aromatic rings. The van der Waals surface area contributed by atoms with Crippen LogP contribution in [0, 0.1) is 12.3 Å². The monoisotopic (exact) mass is 360 g/mol. The summed E-state index contributed by atoms with van der Waals surface area (Å²) in [7, 11) is 0. The molecule has 0 fully saturated rings. The smallest absolute Gasteiger partial charge is 0.293 e. The van der Waals surface area contributed by atoms with Gasteiger partial charge in [-0.2, -0.15) is 0 Å². The second-order valence-corrected chi connectivity index (χ2v) is 9.56. The van der Waals surface area contributed by atoms with Gasteiger partial charge in [0.1, 0.15) is 5.60 Å². The zero-order valence-corrected chi connectivity index (χ0v) is 18.0. The first-order valence-electron chi connectivity index (χ1n) is 10.3. The summed E-state index contributed by atoms with van der Waals surface area (Å²) in [4.78, 5) is 10.5. The highest BCUT2D eigenvalue weighted by Crippen LogP contribution is 2.23. The molecule has 0 amide bonds. The fraction of sp³-hybridized carbons (Fsp3) is 0.708. The van der Waals surface area contributed by atoms with Crippen molar-refractivity contribution < 1.29 is 9.53 Å². The van der Waals surface area contributed by atoms with Gasteiger partial charge in [-0.1, -0.05) is 51.8 Å². The molecule has 0 aromatic heterocycles. The van der Waals surface area contributed by atoms with E-state index in [1.807, 2.05) is 13.8 Å². The number of ether oxygens (including phenoxy) is 1. The van der Waals surface area contributed by atoms with E-state index in [0.29, 0.717) is 11.9 Å². The second-order valence-electron chi connectivity index (χ2n) is 9.56. The van der Waals surface area contributed by atoms with Gasteiger partial charge in [-0.3, -0.25) is 4.79 Å². The summed E-state index contributed by atoms with van der Waals surface area (Å²) in [6, 6.07) is 6.98. The van der Waals surface area contributed by atoms with E-state index < -0.39 is 0 Å². The van der Waals surface area contributed by atoms with Gasteiger partial charge in [-0.05, 0) is 87.8 Å². The van der Waals surface area contributed by atoms with E-state index in [1.54, 1.807) is 0 Å². The third-order valence-corrected chi connectivity index (χ3v) is 5.15. The molecular formula is C24H40O2. The molecule has 148 valence electrons. The molecule has 2 nitrogen and oxygen atoms in total. The quantitative estimate of drug-likeness (QED) is 0.302. The van der Waals surface area contributed by atoms with Gasteiger partial charge in [-0.25, -0.2) is 0 Å². The molecule has 0 unspecified atom stereocenters. The number of aryl methyl sites for hydroxylation is 3. The summed E-state index contributed by atoms with van der Waals surface area (Å²) in [6.45, 7) is 13.7. The van der Waals surface area contributed by atoms with Gasteiger partial charge in [0.15, 0.2) is 0 Å². The van der Waals surface area contributed by atoms with Crippen molar-refractivity contribution in [3.8, 4) is 0 Å². The molecule has 1 aromatic carbocycles. The molecule has 0 heterocycles. The highest BCUT2D eigenvalue weighted by atomic mass is 16.5. The van der Waals surface area contributed by atoms with Crippen molar-refractivity contribution in [2.45, 2.75) is 105 Å². The highest BCUT2D eigenvalue weighted by Gasteiger charge is 2.17. The zero-order valence-electron chi connectivity index (χ0n) is 18.0. The Morgan fingerprint density at radius 3 is 2.19 bits per heavy atom. The fourth-order valence-electron chi connectivity index (χ4n) is 3.37. The SMILES string of the molecule is Cc1ccc(CCCCCC(C)(C)C)cc1CCCCC(C)(C)OC=O. The Bertz CT molecular complexity index is 538. The molecule has 1 rings (SSSR count). The molecule has 2 heteroatoms. The van der Waals surface area contributed by atoms with E-state index in [9.17, 15) is 4.79 Å². The summed E-state index contributed by atoms with van der Waals surface area (Å²) < 4.78 is 5.13. The molecular weight excluding hydrogens is 320 g/mol. The molecule has 0 N–H and O–H groups in total. The normalized spacial score (nSPS) is 12.2. The number of unbranched alkanes of at least 4 members (excludes halogenated alkanes) is 3. The minimum Gasteiger partial charge on any atom is -0.462 e. The third kappa shape index (κ3) is 9.99. The Morgan fingerprint density at radius 1 is 0.885 bits per heavy atom. The standard InChI is InChI=1S/C24H40O2/c1-20-14-15-21(12-8-7-10-16-23(2,3)4)18-22(20)13-9-11-17-24(5,6)26-19-25/h14-15,18-19H,7-13,16-17H2,1-6H3. The van der Waals surface area contributed by atoms with E-state index in [0.717, 1.165) is 25.7 Å². The number of rotatable bonds is 12. The van der Waals surface area contributed by atoms with Crippen LogP contribution in [0.2, 0.25) is 0 Å². The Labute approximate surface area is 161 Å². The van der Waals surface area contributed by atoms with Crippen LogP contribution in [0.4, 0.5) is 0 Å². The number of carbonyl (C=O) groups is 1. The van der Waals surface area contributed by atoms with Crippen LogP contribution in [0.25, 0.3) is 0 Å². The topological polar surface area (TPSA) is 26.3 Å². The maximum Gasteiger partial charge on any atom is 0.293 e. The minimum atomic E-state index is -0.342. The van der Waals surface area contributed by atoms with E-state index in [1.165, 1.54) is 48.8 Å². The van der Waals surface area contributed by atoms with Crippen LogP contribution < -0.4 is 0 Å². The summed E-state index contributed by atoms with van der Waals surface area (Å²) in [5, 5.41) is 0. The summed E-state index contributed by atoms with van der Waals surface area (Å²) in [5.74, 6) is 0. The van der Waals surface area contributed by atoms with E-state index in [4.69, 9.17) is 4.74 Å². The fourth-order valence-corrected chi connectivity index (χ4v) is 3.37. The first kappa shape index (κ1) is 22.7. The van der Waals surface area contributed by atoms with Gasteiger partial charge in [-0.15, -0.1) is 0 Å². The van der Waals surface area contributed by atoms with Crippen LogP contribution in [-0.2, 0) is 22.4 Å². The molecule has 0 radical (unpaired) electrons. The molecule has 0 saturated heterocycles. The third-order valence-electron chi connectivity index (χ3n) is 5.15. The van der Waals surface area contributed by atoms with Gasteiger partial charge >= 0.3 is 0 Å². The summed E-state index contributed by atoms with van der Waals surface area (Å²) >= 11 is 0.